The Morgan fingerprint density at radius 1 is 1.32 bits per heavy atom. The molecule has 1 fully saturated rings. The first-order valence-corrected chi connectivity index (χ1v) is 5.86. The molecule has 1 saturated heterocycles. The van der Waals surface area contributed by atoms with Crippen molar-refractivity contribution in [1.82, 2.24) is 9.80 Å². The first kappa shape index (κ1) is 14.9. The van der Waals surface area contributed by atoms with Gasteiger partial charge in [0.15, 0.2) is 6.23 Å². The molecule has 1 unspecified atom stereocenters. The molecule has 0 aromatic rings. The van der Waals surface area contributed by atoms with Crippen molar-refractivity contribution in [3.05, 3.63) is 12.2 Å². The van der Waals surface area contributed by atoms with Crippen molar-refractivity contribution in [2.75, 3.05) is 6.54 Å². The average Bonchev–Trinajstić information content (AvgIpc) is 2.53. The third-order valence-electron chi connectivity index (χ3n) is 2.52. The first-order chi connectivity index (χ1) is 8.81. The lowest BCUT2D eigenvalue weighted by atomic mass is 10.3. The van der Waals surface area contributed by atoms with Crippen LogP contribution in [0.2, 0.25) is 0 Å². The van der Waals surface area contributed by atoms with Crippen LogP contribution in [0.15, 0.2) is 12.2 Å². The number of hydrogen-bond donors (Lipinski definition) is 0. The molecule has 104 valence electrons. The minimum atomic E-state index is -1.14. The molecule has 0 saturated carbocycles. The Balaban J connectivity index is 2.86. The molecular weight excluding hydrogens is 252 g/mol. The number of rotatable bonds is 5. The number of carbonyl (C=O) groups is 4. The second-order valence-corrected chi connectivity index (χ2v) is 4.20. The highest BCUT2D eigenvalue weighted by Crippen LogP contribution is 2.17. The smallest absolute Gasteiger partial charge is 0.337 e. The fraction of sp³-hybridized carbons (Fsp3) is 0.500. The van der Waals surface area contributed by atoms with Gasteiger partial charge in [0.05, 0.1) is 0 Å². The minimum absolute atomic E-state index is 0.141. The molecule has 0 aromatic heterocycles. The predicted octanol–water partition coefficient (Wildman–Crippen LogP) is 0.652. The zero-order valence-corrected chi connectivity index (χ0v) is 11.1. The quantitative estimate of drug-likeness (QED) is 0.316. The Hall–Kier alpha value is -2.18. The van der Waals surface area contributed by atoms with Crippen LogP contribution in [0.1, 0.15) is 27.2 Å². The SMILES string of the molecule is C=C(C)C(=O)OC(C)N1C(=O)C(=O)N(CCC)C1=O. The van der Waals surface area contributed by atoms with E-state index in [0.717, 1.165) is 4.90 Å². The maximum Gasteiger partial charge on any atom is 0.337 e. The summed E-state index contributed by atoms with van der Waals surface area (Å²) < 4.78 is 4.88. The molecule has 1 heterocycles. The molecule has 0 spiro atoms. The average molecular weight is 268 g/mol. The summed E-state index contributed by atoms with van der Waals surface area (Å²) in [6.45, 7) is 8.11. The third kappa shape index (κ3) is 2.81. The van der Waals surface area contributed by atoms with E-state index in [1.54, 1.807) is 6.92 Å². The lowest BCUT2D eigenvalue weighted by Gasteiger charge is -2.21. The van der Waals surface area contributed by atoms with Gasteiger partial charge >= 0.3 is 23.8 Å². The molecule has 7 nitrogen and oxygen atoms in total. The maximum atomic E-state index is 11.9. The molecule has 7 heteroatoms. The Bertz CT molecular complexity index is 457. The van der Waals surface area contributed by atoms with Gasteiger partial charge in [-0.3, -0.25) is 14.5 Å². The highest BCUT2D eigenvalue weighted by molar-refractivity contribution is 6.44. The molecule has 1 aliphatic heterocycles. The van der Waals surface area contributed by atoms with Crippen molar-refractivity contribution >= 4 is 23.8 Å². The van der Waals surface area contributed by atoms with Crippen LogP contribution < -0.4 is 0 Å². The van der Waals surface area contributed by atoms with Crippen LogP contribution in [0.25, 0.3) is 0 Å². The monoisotopic (exact) mass is 268 g/mol. The second kappa shape index (κ2) is 5.64. The van der Waals surface area contributed by atoms with E-state index in [1.165, 1.54) is 13.8 Å². The van der Waals surface area contributed by atoms with Gasteiger partial charge in [-0.1, -0.05) is 13.5 Å². The van der Waals surface area contributed by atoms with E-state index in [-0.39, 0.29) is 12.1 Å². The Morgan fingerprint density at radius 3 is 2.37 bits per heavy atom. The molecule has 4 amide bonds. The van der Waals surface area contributed by atoms with Gasteiger partial charge in [-0.25, -0.2) is 14.5 Å². The number of amides is 4. The summed E-state index contributed by atoms with van der Waals surface area (Å²) in [5, 5.41) is 0. The summed E-state index contributed by atoms with van der Waals surface area (Å²) in [5.41, 5.74) is 0.141. The van der Waals surface area contributed by atoms with E-state index in [2.05, 4.69) is 6.58 Å². The van der Waals surface area contributed by atoms with E-state index in [4.69, 9.17) is 4.74 Å². The van der Waals surface area contributed by atoms with Gasteiger partial charge in [0.2, 0.25) is 0 Å². The van der Waals surface area contributed by atoms with Crippen LogP contribution in [0.4, 0.5) is 4.79 Å². The normalized spacial score (nSPS) is 16.9. The standard InChI is InChI=1S/C12H16N2O5/c1-5-6-13-9(15)10(16)14(12(13)18)8(4)19-11(17)7(2)3/h8H,2,5-6H2,1,3-4H3. The number of urea groups is 1. The van der Waals surface area contributed by atoms with Gasteiger partial charge in [-0.15, -0.1) is 0 Å². The van der Waals surface area contributed by atoms with E-state index < -0.39 is 30.0 Å². The van der Waals surface area contributed by atoms with Gasteiger partial charge < -0.3 is 4.74 Å². The topological polar surface area (TPSA) is 84.0 Å². The van der Waals surface area contributed by atoms with Gasteiger partial charge in [0.25, 0.3) is 0 Å². The summed E-state index contributed by atoms with van der Waals surface area (Å²) in [4.78, 5) is 48.0. The lowest BCUT2D eigenvalue weighted by molar-refractivity contribution is -0.156. The first-order valence-electron chi connectivity index (χ1n) is 5.86. The summed E-state index contributed by atoms with van der Waals surface area (Å²) in [6.07, 6.45) is -0.603. The summed E-state index contributed by atoms with van der Waals surface area (Å²) in [6, 6.07) is -0.765. The number of ether oxygens (including phenoxy) is 1. The Labute approximate surface area is 110 Å². The molecule has 0 aromatic carbocycles. The molecule has 19 heavy (non-hydrogen) atoms. The fourth-order valence-electron chi connectivity index (χ4n) is 1.57. The molecule has 0 radical (unpaired) electrons. The van der Waals surface area contributed by atoms with Crippen molar-refractivity contribution in [2.45, 2.75) is 33.4 Å². The number of imide groups is 2. The zero-order valence-electron chi connectivity index (χ0n) is 11.1. The van der Waals surface area contributed by atoms with Gasteiger partial charge in [-0.05, 0) is 20.3 Å². The van der Waals surface area contributed by atoms with Crippen molar-refractivity contribution < 1.29 is 23.9 Å². The van der Waals surface area contributed by atoms with Crippen molar-refractivity contribution in [3.63, 3.8) is 0 Å². The van der Waals surface area contributed by atoms with Crippen LogP contribution in [-0.2, 0) is 19.1 Å². The number of esters is 1. The largest absolute Gasteiger partial charge is 0.438 e. The van der Waals surface area contributed by atoms with Crippen LogP contribution in [0.3, 0.4) is 0 Å². The third-order valence-corrected chi connectivity index (χ3v) is 2.52. The van der Waals surface area contributed by atoms with Crippen LogP contribution >= 0.6 is 0 Å². The molecule has 0 N–H and O–H groups in total. The van der Waals surface area contributed by atoms with Crippen LogP contribution in [0, 0.1) is 0 Å². The summed E-state index contributed by atoms with van der Waals surface area (Å²) >= 11 is 0. The molecule has 0 bridgehead atoms. The highest BCUT2D eigenvalue weighted by Gasteiger charge is 2.47. The number of carbonyl (C=O) groups excluding carboxylic acids is 4. The number of hydrogen-bond acceptors (Lipinski definition) is 5. The Kier molecular flexibility index (Phi) is 4.42. The highest BCUT2D eigenvalue weighted by atomic mass is 16.6. The van der Waals surface area contributed by atoms with Crippen molar-refractivity contribution in [3.8, 4) is 0 Å². The van der Waals surface area contributed by atoms with Gasteiger partial charge in [-0.2, -0.15) is 0 Å². The molecule has 1 rings (SSSR count). The molecule has 1 aliphatic rings. The second-order valence-electron chi connectivity index (χ2n) is 4.20. The zero-order chi connectivity index (χ0) is 14.7. The van der Waals surface area contributed by atoms with E-state index in [1.807, 2.05) is 0 Å². The predicted molar refractivity (Wildman–Crippen MR) is 64.6 cm³/mol. The Morgan fingerprint density at radius 2 is 1.89 bits per heavy atom. The van der Waals surface area contributed by atoms with Crippen LogP contribution in [-0.4, -0.2) is 46.4 Å². The lowest BCUT2D eigenvalue weighted by Crippen LogP contribution is -2.42. The number of nitrogens with zero attached hydrogens (tertiary/aromatic N) is 2. The summed E-state index contributed by atoms with van der Waals surface area (Å²) in [7, 11) is 0. The summed E-state index contributed by atoms with van der Waals surface area (Å²) in [5.74, 6) is -2.61. The van der Waals surface area contributed by atoms with E-state index >= 15 is 0 Å². The maximum absolute atomic E-state index is 11.9. The van der Waals surface area contributed by atoms with Gasteiger partial charge in [0.1, 0.15) is 0 Å². The van der Waals surface area contributed by atoms with Crippen molar-refractivity contribution in [2.24, 2.45) is 0 Å². The molecule has 1 atom stereocenters. The van der Waals surface area contributed by atoms with Crippen molar-refractivity contribution in [1.29, 1.82) is 0 Å². The fourth-order valence-corrected chi connectivity index (χ4v) is 1.57. The van der Waals surface area contributed by atoms with Gasteiger partial charge in [0, 0.05) is 12.1 Å². The van der Waals surface area contributed by atoms with Crippen LogP contribution in [0.5, 0.6) is 0 Å². The van der Waals surface area contributed by atoms with E-state index in [0.29, 0.717) is 11.3 Å². The molecular formula is C12H16N2O5. The van der Waals surface area contributed by atoms with E-state index in [9.17, 15) is 19.2 Å². The molecule has 0 aliphatic carbocycles. The minimum Gasteiger partial charge on any atom is -0.438 e.